The summed E-state index contributed by atoms with van der Waals surface area (Å²) < 4.78 is 0. The van der Waals surface area contributed by atoms with E-state index in [-0.39, 0.29) is 5.11 Å². The van der Waals surface area contributed by atoms with Gasteiger partial charge in [-0.25, -0.2) is 0 Å². The van der Waals surface area contributed by atoms with Crippen LogP contribution in [0.1, 0.15) is 11.3 Å². The number of hydrogen-bond donors (Lipinski definition) is 2. The van der Waals surface area contributed by atoms with Gasteiger partial charge in [0, 0.05) is 11.1 Å². The number of rotatable bonds is 1. The summed E-state index contributed by atoms with van der Waals surface area (Å²) in [6, 6.07) is 8.02. The van der Waals surface area contributed by atoms with Crippen molar-refractivity contribution >= 4 is 33.9 Å². The molecule has 4 heteroatoms. The molecule has 1 aromatic carbocycles. The lowest BCUT2D eigenvalue weighted by molar-refractivity contribution is 1.25. The highest BCUT2D eigenvalue weighted by atomic mass is 32.1. The fraction of sp³-hybridized carbons (Fsp3) is 0.167. The molecule has 0 aliphatic rings. The number of nitrogens with one attached hydrogen (secondary N) is 1. The van der Waals surface area contributed by atoms with E-state index in [9.17, 15) is 0 Å². The van der Waals surface area contributed by atoms with E-state index in [4.69, 9.17) is 18.0 Å². The molecule has 0 atom stereocenters. The van der Waals surface area contributed by atoms with Crippen LogP contribution in [0.3, 0.4) is 0 Å². The van der Waals surface area contributed by atoms with Gasteiger partial charge in [-0.3, -0.25) is 4.98 Å². The van der Waals surface area contributed by atoms with Gasteiger partial charge in [-0.15, -0.1) is 0 Å². The predicted octanol–water partition coefficient (Wildman–Crippen LogP) is 2.51. The summed E-state index contributed by atoms with van der Waals surface area (Å²) in [7, 11) is 0. The summed E-state index contributed by atoms with van der Waals surface area (Å²) in [5.41, 5.74) is 9.51. The number of thiocarbonyl (C=S) groups is 1. The lowest BCUT2D eigenvalue weighted by atomic mass is 10.1. The molecule has 0 radical (unpaired) electrons. The molecule has 0 spiro atoms. The van der Waals surface area contributed by atoms with Crippen LogP contribution in [0.2, 0.25) is 0 Å². The van der Waals surface area contributed by atoms with E-state index in [0.717, 1.165) is 27.8 Å². The third-order valence-electron chi connectivity index (χ3n) is 2.47. The summed E-state index contributed by atoms with van der Waals surface area (Å²) in [5.74, 6) is 0. The summed E-state index contributed by atoms with van der Waals surface area (Å²) in [6.07, 6.45) is 0. The largest absolute Gasteiger partial charge is 0.376 e. The molecular formula is C12H13N3S. The van der Waals surface area contributed by atoms with Crippen molar-refractivity contribution in [2.24, 2.45) is 5.73 Å². The maximum atomic E-state index is 5.51. The van der Waals surface area contributed by atoms with Crippen LogP contribution in [0.5, 0.6) is 0 Å². The molecule has 1 heterocycles. The van der Waals surface area contributed by atoms with Gasteiger partial charge in [-0.1, -0.05) is 6.07 Å². The molecule has 2 aromatic rings. The Hall–Kier alpha value is -1.68. The zero-order chi connectivity index (χ0) is 11.7. The second-order valence-electron chi connectivity index (χ2n) is 3.77. The molecule has 1 aromatic heterocycles. The Morgan fingerprint density at radius 2 is 2.00 bits per heavy atom. The average molecular weight is 231 g/mol. The number of aromatic nitrogens is 1. The number of benzene rings is 1. The molecule has 0 aliphatic carbocycles. The van der Waals surface area contributed by atoms with E-state index < -0.39 is 0 Å². The van der Waals surface area contributed by atoms with Crippen molar-refractivity contribution in [2.45, 2.75) is 13.8 Å². The molecule has 3 N–H and O–H groups in total. The van der Waals surface area contributed by atoms with Crippen LogP contribution >= 0.6 is 12.2 Å². The Labute approximate surface area is 99.7 Å². The third-order valence-corrected chi connectivity index (χ3v) is 2.57. The first kappa shape index (κ1) is 10.8. The first-order valence-electron chi connectivity index (χ1n) is 5.01. The van der Waals surface area contributed by atoms with Crippen molar-refractivity contribution in [1.29, 1.82) is 0 Å². The number of anilines is 1. The Bertz CT molecular complexity index is 563. The normalized spacial score (nSPS) is 10.4. The number of hydrogen-bond acceptors (Lipinski definition) is 2. The molecule has 0 saturated heterocycles. The summed E-state index contributed by atoms with van der Waals surface area (Å²) in [5, 5.41) is 4.32. The maximum Gasteiger partial charge on any atom is 0.168 e. The first-order valence-corrected chi connectivity index (χ1v) is 5.42. The first-order chi connectivity index (χ1) is 7.58. The number of nitrogens with two attached hydrogens (primary N) is 1. The lowest BCUT2D eigenvalue weighted by Gasteiger charge is -2.11. The van der Waals surface area contributed by atoms with Gasteiger partial charge < -0.3 is 11.1 Å². The van der Waals surface area contributed by atoms with Crippen molar-refractivity contribution in [3.05, 3.63) is 35.5 Å². The van der Waals surface area contributed by atoms with Crippen LogP contribution in [0, 0.1) is 13.8 Å². The van der Waals surface area contributed by atoms with Gasteiger partial charge in [0.25, 0.3) is 0 Å². The highest BCUT2D eigenvalue weighted by Crippen LogP contribution is 2.26. The fourth-order valence-corrected chi connectivity index (χ4v) is 1.81. The molecule has 0 bridgehead atoms. The Kier molecular flexibility index (Phi) is 2.75. The topological polar surface area (TPSA) is 50.9 Å². The quantitative estimate of drug-likeness (QED) is 0.740. The minimum Gasteiger partial charge on any atom is -0.376 e. The third kappa shape index (κ3) is 1.97. The van der Waals surface area contributed by atoms with E-state index in [1.165, 1.54) is 0 Å². The molecule has 3 nitrogen and oxygen atoms in total. The van der Waals surface area contributed by atoms with Gasteiger partial charge in [0.05, 0.1) is 11.2 Å². The number of fused-ring (bicyclic) bond motifs is 1. The number of nitrogens with zero attached hydrogens (tertiary/aromatic N) is 1. The minimum atomic E-state index is 0.274. The molecule has 2 rings (SSSR count). The van der Waals surface area contributed by atoms with Crippen molar-refractivity contribution < 1.29 is 0 Å². The molecule has 0 saturated carbocycles. The molecular weight excluding hydrogens is 218 g/mol. The summed E-state index contributed by atoms with van der Waals surface area (Å²) in [4.78, 5) is 4.46. The smallest absolute Gasteiger partial charge is 0.168 e. The SMILES string of the molecule is Cc1ccc2c(NC(N)=S)c(C)ccc2n1. The molecule has 0 amide bonds. The van der Waals surface area contributed by atoms with Crippen LogP contribution in [-0.4, -0.2) is 10.1 Å². The predicted molar refractivity (Wildman–Crippen MR) is 71.6 cm³/mol. The number of pyridine rings is 1. The second kappa shape index (κ2) is 4.06. The number of aryl methyl sites for hydroxylation is 2. The van der Waals surface area contributed by atoms with Crippen LogP contribution in [0.15, 0.2) is 24.3 Å². The van der Waals surface area contributed by atoms with Gasteiger partial charge in [-0.2, -0.15) is 0 Å². The highest BCUT2D eigenvalue weighted by molar-refractivity contribution is 7.80. The average Bonchev–Trinajstić information content (AvgIpc) is 2.22. The van der Waals surface area contributed by atoms with Gasteiger partial charge >= 0.3 is 0 Å². The van der Waals surface area contributed by atoms with Gasteiger partial charge in [-0.05, 0) is 49.8 Å². The summed E-state index contributed by atoms with van der Waals surface area (Å²) in [6.45, 7) is 3.99. The highest BCUT2D eigenvalue weighted by Gasteiger charge is 2.06. The van der Waals surface area contributed by atoms with E-state index in [2.05, 4.69) is 10.3 Å². The molecule has 16 heavy (non-hydrogen) atoms. The molecule has 82 valence electrons. The van der Waals surface area contributed by atoms with Gasteiger partial charge in [0.15, 0.2) is 5.11 Å². The van der Waals surface area contributed by atoms with Crippen LogP contribution in [0.25, 0.3) is 10.9 Å². The Balaban J connectivity index is 2.69. The zero-order valence-corrected chi connectivity index (χ0v) is 10.1. The van der Waals surface area contributed by atoms with E-state index >= 15 is 0 Å². The minimum absolute atomic E-state index is 0.274. The van der Waals surface area contributed by atoms with Crippen molar-refractivity contribution in [2.75, 3.05) is 5.32 Å². The van der Waals surface area contributed by atoms with E-state index in [0.29, 0.717) is 0 Å². The van der Waals surface area contributed by atoms with E-state index in [1.54, 1.807) is 0 Å². The van der Waals surface area contributed by atoms with Crippen molar-refractivity contribution in [3.63, 3.8) is 0 Å². The van der Waals surface area contributed by atoms with Crippen LogP contribution < -0.4 is 11.1 Å². The van der Waals surface area contributed by atoms with Crippen LogP contribution in [-0.2, 0) is 0 Å². The Morgan fingerprint density at radius 3 is 2.69 bits per heavy atom. The van der Waals surface area contributed by atoms with Crippen molar-refractivity contribution in [1.82, 2.24) is 4.98 Å². The van der Waals surface area contributed by atoms with E-state index in [1.807, 2.05) is 38.1 Å². The standard InChI is InChI=1S/C12H13N3S/c1-7-3-6-10-9(5-4-8(2)14-10)11(7)15-12(13)16/h3-6H,1-2H3,(H3,13,15,16). The summed E-state index contributed by atoms with van der Waals surface area (Å²) >= 11 is 4.87. The molecule has 0 fully saturated rings. The zero-order valence-electron chi connectivity index (χ0n) is 9.24. The molecule has 0 aliphatic heterocycles. The van der Waals surface area contributed by atoms with Crippen molar-refractivity contribution in [3.8, 4) is 0 Å². The lowest BCUT2D eigenvalue weighted by Crippen LogP contribution is -2.19. The van der Waals surface area contributed by atoms with Gasteiger partial charge in [0.2, 0.25) is 0 Å². The fourth-order valence-electron chi connectivity index (χ4n) is 1.70. The second-order valence-corrected chi connectivity index (χ2v) is 4.21. The molecule has 0 unspecified atom stereocenters. The Morgan fingerprint density at radius 1 is 1.25 bits per heavy atom. The van der Waals surface area contributed by atoms with Gasteiger partial charge in [0.1, 0.15) is 0 Å². The monoisotopic (exact) mass is 231 g/mol. The van der Waals surface area contributed by atoms with Crippen LogP contribution in [0.4, 0.5) is 5.69 Å². The maximum absolute atomic E-state index is 5.51.